The van der Waals surface area contributed by atoms with E-state index < -0.39 is 17.9 Å². The Kier molecular flexibility index (Phi) is 4.50. The molecule has 1 saturated carbocycles. The van der Waals surface area contributed by atoms with E-state index in [1.54, 1.807) is 0 Å². The molecule has 0 bridgehead atoms. The number of ether oxygens (including phenoxy) is 1. The van der Waals surface area contributed by atoms with E-state index in [0.717, 1.165) is 6.08 Å². The summed E-state index contributed by atoms with van der Waals surface area (Å²) >= 11 is 0. The van der Waals surface area contributed by atoms with Gasteiger partial charge in [-0.25, -0.2) is 4.79 Å². The zero-order valence-corrected chi connectivity index (χ0v) is 11.4. The molecular formula is C15H18O6. The first-order valence-electron chi connectivity index (χ1n) is 6.71. The first-order valence-corrected chi connectivity index (χ1v) is 6.71. The molecule has 0 aliphatic heterocycles. The number of aliphatic hydroxyl groups excluding tert-OH is 1. The fourth-order valence-electron chi connectivity index (χ4n) is 2.19. The molecule has 0 unspecified atom stereocenters. The molecule has 0 radical (unpaired) electrons. The Morgan fingerprint density at radius 2 is 1.90 bits per heavy atom. The van der Waals surface area contributed by atoms with Gasteiger partial charge in [-0.05, 0) is 36.6 Å². The van der Waals surface area contributed by atoms with E-state index in [-0.39, 0.29) is 24.3 Å². The van der Waals surface area contributed by atoms with Crippen LogP contribution in [-0.4, -0.2) is 38.3 Å². The summed E-state index contributed by atoms with van der Waals surface area (Å²) in [6, 6.07) is 4.12. The van der Waals surface area contributed by atoms with Crippen LogP contribution >= 0.6 is 0 Å². The predicted octanol–water partition coefficient (Wildman–Crippen LogP) is 1.28. The van der Waals surface area contributed by atoms with Gasteiger partial charge in [-0.3, -0.25) is 0 Å². The highest BCUT2D eigenvalue weighted by atomic mass is 16.7. The standard InChI is InChI=1S/C15H18O6/c16-11-5-7-15(20,8-6-11)21-14(19)4-2-10-1-3-12(17)13(18)9-10/h1-4,9,11,16-18,20H,5-8H2/b4-2+. The first-order chi connectivity index (χ1) is 9.88. The minimum absolute atomic E-state index is 0.202. The van der Waals surface area contributed by atoms with E-state index >= 15 is 0 Å². The summed E-state index contributed by atoms with van der Waals surface area (Å²) in [6.07, 6.45) is 3.26. The molecule has 0 heterocycles. The summed E-state index contributed by atoms with van der Waals surface area (Å²) in [5, 5.41) is 37.9. The zero-order valence-electron chi connectivity index (χ0n) is 11.4. The lowest BCUT2D eigenvalue weighted by molar-refractivity contribution is -0.221. The van der Waals surface area contributed by atoms with E-state index in [2.05, 4.69) is 0 Å². The van der Waals surface area contributed by atoms with Gasteiger partial charge in [0.05, 0.1) is 6.10 Å². The Balaban J connectivity index is 1.94. The van der Waals surface area contributed by atoms with Crippen LogP contribution in [-0.2, 0) is 9.53 Å². The molecule has 6 nitrogen and oxygen atoms in total. The van der Waals surface area contributed by atoms with Crippen molar-refractivity contribution in [1.29, 1.82) is 0 Å². The van der Waals surface area contributed by atoms with E-state index in [1.165, 1.54) is 24.3 Å². The number of carbonyl (C=O) groups is 1. The molecule has 0 aromatic heterocycles. The highest BCUT2D eigenvalue weighted by Crippen LogP contribution is 2.30. The summed E-state index contributed by atoms with van der Waals surface area (Å²) in [5.74, 6) is -2.77. The van der Waals surface area contributed by atoms with Crippen molar-refractivity contribution in [3.05, 3.63) is 29.8 Å². The van der Waals surface area contributed by atoms with Gasteiger partial charge < -0.3 is 25.2 Å². The third kappa shape index (κ3) is 4.21. The molecule has 0 saturated heterocycles. The van der Waals surface area contributed by atoms with Gasteiger partial charge in [0.2, 0.25) is 5.79 Å². The quantitative estimate of drug-likeness (QED) is 0.289. The predicted molar refractivity (Wildman–Crippen MR) is 74.3 cm³/mol. The molecule has 1 fully saturated rings. The number of hydrogen-bond acceptors (Lipinski definition) is 6. The maximum Gasteiger partial charge on any atom is 0.333 e. The third-order valence-electron chi connectivity index (χ3n) is 3.44. The number of carbonyl (C=O) groups excluding carboxylic acids is 1. The summed E-state index contributed by atoms with van der Waals surface area (Å²) in [4.78, 5) is 11.7. The van der Waals surface area contributed by atoms with Crippen molar-refractivity contribution in [3.8, 4) is 11.5 Å². The Morgan fingerprint density at radius 3 is 2.52 bits per heavy atom. The molecule has 2 rings (SSSR count). The topological polar surface area (TPSA) is 107 Å². The first kappa shape index (κ1) is 15.3. The SMILES string of the molecule is O=C(/C=C/c1ccc(O)c(O)c1)OC1(O)CCC(O)CC1. The number of phenols is 2. The van der Waals surface area contributed by atoms with E-state index in [4.69, 9.17) is 4.74 Å². The molecule has 1 aromatic rings. The molecular weight excluding hydrogens is 276 g/mol. The van der Waals surface area contributed by atoms with Crippen molar-refractivity contribution in [2.24, 2.45) is 0 Å². The summed E-state index contributed by atoms with van der Waals surface area (Å²) in [7, 11) is 0. The van der Waals surface area contributed by atoms with Gasteiger partial charge in [0.25, 0.3) is 0 Å². The molecule has 21 heavy (non-hydrogen) atoms. The monoisotopic (exact) mass is 294 g/mol. The Morgan fingerprint density at radius 1 is 1.24 bits per heavy atom. The van der Waals surface area contributed by atoms with Crippen LogP contribution in [0.2, 0.25) is 0 Å². The molecule has 114 valence electrons. The molecule has 0 amide bonds. The summed E-state index contributed by atoms with van der Waals surface area (Å²) in [5.41, 5.74) is 0.508. The second-order valence-electron chi connectivity index (χ2n) is 5.18. The molecule has 1 aromatic carbocycles. The minimum atomic E-state index is -1.53. The lowest BCUT2D eigenvalue weighted by Crippen LogP contribution is -2.39. The van der Waals surface area contributed by atoms with Crippen molar-refractivity contribution in [3.63, 3.8) is 0 Å². The number of phenolic OH excluding ortho intramolecular Hbond substituents is 2. The summed E-state index contributed by atoms with van der Waals surface area (Å²) in [6.45, 7) is 0. The molecule has 6 heteroatoms. The maximum absolute atomic E-state index is 11.7. The van der Waals surface area contributed by atoms with Crippen LogP contribution in [0.15, 0.2) is 24.3 Å². The third-order valence-corrected chi connectivity index (χ3v) is 3.44. The van der Waals surface area contributed by atoms with Crippen LogP contribution in [0, 0.1) is 0 Å². The average molecular weight is 294 g/mol. The molecule has 4 N–H and O–H groups in total. The van der Waals surface area contributed by atoms with Crippen LogP contribution < -0.4 is 0 Å². The normalized spacial score (nSPS) is 25.9. The number of aliphatic hydroxyl groups is 2. The van der Waals surface area contributed by atoms with Crippen molar-refractivity contribution in [1.82, 2.24) is 0 Å². The Labute approximate surface area is 121 Å². The van der Waals surface area contributed by atoms with Crippen LogP contribution in [0.3, 0.4) is 0 Å². The molecule has 1 aliphatic rings. The molecule has 0 atom stereocenters. The number of hydrogen-bond donors (Lipinski definition) is 4. The second kappa shape index (κ2) is 6.15. The van der Waals surface area contributed by atoms with E-state index in [9.17, 15) is 25.2 Å². The van der Waals surface area contributed by atoms with Crippen LogP contribution in [0.4, 0.5) is 0 Å². The number of aromatic hydroxyl groups is 2. The Hall–Kier alpha value is -2.05. The van der Waals surface area contributed by atoms with E-state index in [1.807, 2.05) is 0 Å². The van der Waals surface area contributed by atoms with Gasteiger partial charge in [0, 0.05) is 18.9 Å². The van der Waals surface area contributed by atoms with Crippen LogP contribution in [0.25, 0.3) is 6.08 Å². The number of rotatable bonds is 3. The van der Waals surface area contributed by atoms with Gasteiger partial charge in [0.1, 0.15) is 0 Å². The van der Waals surface area contributed by atoms with Gasteiger partial charge in [0.15, 0.2) is 11.5 Å². The number of benzene rings is 1. The highest BCUT2D eigenvalue weighted by Gasteiger charge is 2.35. The fraction of sp³-hybridized carbons (Fsp3) is 0.400. The van der Waals surface area contributed by atoms with Gasteiger partial charge in [-0.2, -0.15) is 0 Å². The van der Waals surface area contributed by atoms with Gasteiger partial charge in [-0.1, -0.05) is 6.07 Å². The minimum Gasteiger partial charge on any atom is -0.504 e. The van der Waals surface area contributed by atoms with Gasteiger partial charge in [-0.15, -0.1) is 0 Å². The Bertz CT molecular complexity index is 543. The largest absolute Gasteiger partial charge is 0.504 e. The molecule has 1 aliphatic carbocycles. The summed E-state index contributed by atoms with van der Waals surface area (Å²) < 4.78 is 5.01. The van der Waals surface area contributed by atoms with E-state index in [0.29, 0.717) is 18.4 Å². The van der Waals surface area contributed by atoms with Crippen LogP contribution in [0.1, 0.15) is 31.2 Å². The zero-order chi connectivity index (χ0) is 15.5. The molecule has 0 spiro atoms. The number of esters is 1. The lowest BCUT2D eigenvalue weighted by Gasteiger charge is -2.33. The van der Waals surface area contributed by atoms with Crippen molar-refractivity contribution >= 4 is 12.0 Å². The second-order valence-corrected chi connectivity index (χ2v) is 5.18. The lowest BCUT2D eigenvalue weighted by atomic mass is 9.92. The van der Waals surface area contributed by atoms with Crippen LogP contribution in [0.5, 0.6) is 11.5 Å². The van der Waals surface area contributed by atoms with Crippen molar-refractivity contribution < 1.29 is 30.0 Å². The fourth-order valence-corrected chi connectivity index (χ4v) is 2.19. The maximum atomic E-state index is 11.7. The van der Waals surface area contributed by atoms with Crippen molar-refractivity contribution in [2.45, 2.75) is 37.6 Å². The average Bonchev–Trinajstić information content (AvgIpc) is 2.44. The van der Waals surface area contributed by atoms with Gasteiger partial charge >= 0.3 is 5.97 Å². The highest BCUT2D eigenvalue weighted by molar-refractivity contribution is 5.87. The van der Waals surface area contributed by atoms with Crippen molar-refractivity contribution in [2.75, 3.05) is 0 Å². The smallest absolute Gasteiger partial charge is 0.333 e.